The third kappa shape index (κ3) is 6.57. The number of hydrogen-bond acceptors (Lipinski definition) is 4. The first kappa shape index (κ1) is 18.9. The van der Waals surface area contributed by atoms with E-state index < -0.39 is 6.36 Å². The van der Waals surface area contributed by atoms with Gasteiger partial charge in [-0.05, 0) is 56.9 Å². The summed E-state index contributed by atoms with van der Waals surface area (Å²) < 4.78 is 58.0. The van der Waals surface area contributed by atoms with E-state index >= 15 is 0 Å². The summed E-state index contributed by atoms with van der Waals surface area (Å²) in [6.45, 7) is 4.75. The molecule has 4 nitrogen and oxygen atoms in total. The average Bonchev–Trinajstić information content (AvgIpc) is 3.30. The smallest absolute Gasteiger partial charge is 0.490 e. The fourth-order valence-corrected chi connectivity index (χ4v) is 2.29. The molecule has 0 unspecified atom stereocenters. The summed E-state index contributed by atoms with van der Waals surface area (Å²) in [6, 6.07) is 4.18. The Labute approximate surface area is 139 Å². The normalized spacial score (nSPS) is 14.9. The van der Waals surface area contributed by atoms with Crippen molar-refractivity contribution in [3.63, 3.8) is 0 Å². The molecule has 136 valence electrons. The summed E-state index contributed by atoms with van der Waals surface area (Å²) in [5, 5.41) is 0. The van der Waals surface area contributed by atoms with Crippen LogP contribution in [0.3, 0.4) is 0 Å². The zero-order valence-corrected chi connectivity index (χ0v) is 13.9. The zero-order valence-electron chi connectivity index (χ0n) is 13.9. The third-order valence-electron chi connectivity index (χ3n) is 3.44. The van der Waals surface area contributed by atoms with Crippen molar-refractivity contribution in [2.45, 2.75) is 58.3 Å². The second kappa shape index (κ2) is 8.58. The van der Waals surface area contributed by atoms with Gasteiger partial charge in [0.05, 0.1) is 6.10 Å². The molecule has 1 aliphatic carbocycles. The molecule has 0 N–H and O–H groups in total. The van der Waals surface area contributed by atoms with Crippen molar-refractivity contribution in [1.29, 1.82) is 0 Å². The van der Waals surface area contributed by atoms with Crippen LogP contribution in [0.1, 0.15) is 38.7 Å². The van der Waals surface area contributed by atoms with Crippen molar-refractivity contribution in [2.24, 2.45) is 0 Å². The van der Waals surface area contributed by atoms with E-state index in [9.17, 15) is 13.2 Å². The molecule has 0 amide bonds. The number of hydrogen-bond donors (Lipinski definition) is 0. The van der Waals surface area contributed by atoms with Gasteiger partial charge in [0.25, 0.3) is 0 Å². The van der Waals surface area contributed by atoms with Gasteiger partial charge in [-0.2, -0.15) is 0 Å². The fourth-order valence-electron chi connectivity index (χ4n) is 2.29. The Morgan fingerprint density at radius 1 is 1.12 bits per heavy atom. The fraction of sp³-hybridized carbons (Fsp3) is 0.647. The molecule has 24 heavy (non-hydrogen) atoms. The number of alkyl halides is 3. The third-order valence-corrected chi connectivity index (χ3v) is 3.44. The number of rotatable bonds is 10. The maximum absolute atomic E-state index is 12.4. The van der Waals surface area contributed by atoms with Gasteiger partial charge in [0.15, 0.2) is 6.29 Å². The minimum atomic E-state index is -4.71. The molecule has 0 aromatic heterocycles. The molecule has 1 aromatic rings. The molecule has 0 aliphatic heterocycles. The summed E-state index contributed by atoms with van der Waals surface area (Å²) in [5.41, 5.74) is 0.660. The van der Waals surface area contributed by atoms with Crippen LogP contribution in [-0.4, -0.2) is 32.0 Å². The summed E-state index contributed by atoms with van der Waals surface area (Å²) in [6.07, 6.45) is -2.00. The van der Waals surface area contributed by atoms with E-state index in [2.05, 4.69) is 4.74 Å². The highest BCUT2D eigenvalue weighted by Gasteiger charge is 2.31. The van der Waals surface area contributed by atoms with Crippen LogP contribution in [0, 0.1) is 0 Å². The molecule has 2 rings (SSSR count). The van der Waals surface area contributed by atoms with Crippen LogP contribution in [0.5, 0.6) is 11.5 Å². The highest BCUT2D eigenvalue weighted by Crippen LogP contribution is 2.33. The number of ether oxygens (including phenoxy) is 4. The molecule has 0 saturated heterocycles. The highest BCUT2D eigenvalue weighted by molar-refractivity contribution is 5.41. The van der Waals surface area contributed by atoms with E-state index in [0.29, 0.717) is 37.4 Å². The Hall–Kier alpha value is -1.47. The number of halogens is 3. The Balaban J connectivity index is 2.08. The molecular weight excluding hydrogens is 325 g/mol. The Morgan fingerprint density at radius 2 is 1.79 bits per heavy atom. The summed E-state index contributed by atoms with van der Waals surface area (Å²) in [5.74, 6) is 0.351. The van der Waals surface area contributed by atoms with Gasteiger partial charge in [-0.15, -0.1) is 13.2 Å². The van der Waals surface area contributed by atoms with Crippen LogP contribution in [0.15, 0.2) is 18.2 Å². The second-order valence-corrected chi connectivity index (χ2v) is 5.51. The van der Waals surface area contributed by atoms with Gasteiger partial charge >= 0.3 is 6.36 Å². The van der Waals surface area contributed by atoms with Crippen LogP contribution >= 0.6 is 0 Å². The number of aryl methyl sites for hydroxylation is 1. The molecule has 0 atom stereocenters. The van der Waals surface area contributed by atoms with Crippen molar-refractivity contribution in [1.82, 2.24) is 0 Å². The minimum Gasteiger partial charge on any atom is -0.490 e. The molecule has 1 aliphatic rings. The Bertz CT molecular complexity index is 509. The van der Waals surface area contributed by atoms with Gasteiger partial charge in [-0.3, -0.25) is 0 Å². The van der Waals surface area contributed by atoms with Crippen molar-refractivity contribution < 1.29 is 32.1 Å². The molecule has 0 radical (unpaired) electrons. The highest BCUT2D eigenvalue weighted by atomic mass is 19.4. The molecule has 1 fully saturated rings. The van der Waals surface area contributed by atoms with E-state index in [1.54, 1.807) is 0 Å². The predicted molar refractivity (Wildman–Crippen MR) is 82.1 cm³/mol. The van der Waals surface area contributed by atoms with Gasteiger partial charge in [0.1, 0.15) is 11.5 Å². The lowest BCUT2D eigenvalue weighted by Gasteiger charge is -2.18. The second-order valence-electron chi connectivity index (χ2n) is 5.51. The van der Waals surface area contributed by atoms with E-state index in [-0.39, 0.29) is 18.1 Å². The van der Waals surface area contributed by atoms with Crippen LogP contribution < -0.4 is 9.47 Å². The summed E-state index contributed by atoms with van der Waals surface area (Å²) >= 11 is 0. The number of benzene rings is 1. The molecule has 1 aromatic carbocycles. The van der Waals surface area contributed by atoms with Crippen LogP contribution in [0.4, 0.5) is 13.2 Å². The first-order chi connectivity index (χ1) is 11.4. The van der Waals surface area contributed by atoms with Gasteiger partial charge < -0.3 is 18.9 Å². The average molecular weight is 348 g/mol. The van der Waals surface area contributed by atoms with Crippen molar-refractivity contribution >= 4 is 0 Å². The van der Waals surface area contributed by atoms with Gasteiger partial charge in [0.2, 0.25) is 0 Å². The lowest BCUT2D eigenvalue weighted by atomic mass is 10.1. The maximum Gasteiger partial charge on any atom is 0.573 e. The van der Waals surface area contributed by atoms with E-state index in [1.807, 2.05) is 13.8 Å². The first-order valence-electron chi connectivity index (χ1n) is 8.19. The summed E-state index contributed by atoms with van der Waals surface area (Å²) in [7, 11) is 0. The standard InChI is InChI=1S/C17H23F3O4/c1-3-21-16(22-4-2)10-5-12-11-14(24-17(18,19)20)8-9-15(12)23-13-6-7-13/h8-9,11,13,16H,3-7,10H2,1-2H3. The molecule has 0 bridgehead atoms. The van der Waals surface area contributed by atoms with Gasteiger partial charge in [-0.25, -0.2) is 0 Å². The van der Waals surface area contributed by atoms with Crippen molar-refractivity contribution in [2.75, 3.05) is 13.2 Å². The lowest BCUT2D eigenvalue weighted by Crippen LogP contribution is -2.19. The topological polar surface area (TPSA) is 36.9 Å². The predicted octanol–water partition coefficient (Wildman–Crippen LogP) is 4.46. The van der Waals surface area contributed by atoms with E-state index in [1.165, 1.54) is 18.2 Å². The van der Waals surface area contributed by atoms with Crippen molar-refractivity contribution in [3.05, 3.63) is 23.8 Å². The Morgan fingerprint density at radius 3 is 2.33 bits per heavy atom. The molecule has 0 heterocycles. The SMILES string of the molecule is CCOC(CCc1cc(OC(F)(F)F)ccc1OC1CC1)OCC. The van der Waals surface area contributed by atoms with Gasteiger partial charge in [0, 0.05) is 19.6 Å². The molecule has 0 spiro atoms. The molecule has 1 saturated carbocycles. The monoisotopic (exact) mass is 348 g/mol. The largest absolute Gasteiger partial charge is 0.573 e. The maximum atomic E-state index is 12.4. The van der Waals surface area contributed by atoms with Crippen LogP contribution in [0.2, 0.25) is 0 Å². The lowest BCUT2D eigenvalue weighted by molar-refractivity contribution is -0.274. The molecule has 7 heteroatoms. The Kier molecular flexibility index (Phi) is 6.74. The molecular formula is C17H23F3O4. The van der Waals surface area contributed by atoms with Crippen molar-refractivity contribution in [3.8, 4) is 11.5 Å². The van der Waals surface area contributed by atoms with Crippen LogP contribution in [0.25, 0.3) is 0 Å². The van der Waals surface area contributed by atoms with E-state index in [0.717, 1.165) is 12.8 Å². The summed E-state index contributed by atoms with van der Waals surface area (Å²) in [4.78, 5) is 0. The minimum absolute atomic E-state index is 0.160. The zero-order chi connectivity index (χ0) is 17.6. The quantitative estimate of drug-likeness (QED) is 0.585. The van der Waals surface area contributed by atoms with Gasteiger partial charge in [-0.1, -0.05) is 0 Å². The van der Waals surface area contributed by atoms with Crippen LogP contribution in [-0.2, 0) is 15.9 Å². The first-order valence-corrected chi connectivity index (χ1v) is 8.19. The van der Waals surface area contributed by atoms with E-state index in [4.69, 9.17) is 14.2 Å².